The minimum Gasteiger partial charge on any atom is -0.377 e. The zero-order valence-corrected chi connectivity index (χ0v) is 14.1. The van der Waals surface area contributed by atoms with E-state index in [1.54, 1.807) is 0 Å². The van der Waals surface area contributed by atoms with Gasteiger partial charge in [0, 0.05) is 24.7 Å². The molecule has 1 aliphatic carbocycles. The largest absolute Gasteiger partial charge is 0.377 e. The molecule has 5 unspecified atom stereocenters. The molecule has 1 heterocycles. The van der Waals surface area contributed by atoms with Crippen LogP contribution in [0, 0.1) is 11.3 Å². The van der Waals surface area contributed by atoms with Crippen LogP contribution >= 0.6 is 0 Å². The molecule has 0 aromatic carbocycles. The molecule has 2 fully saturated rings. The Bertz CT molecular complexity index is 318. The Morgan fingerprint density at radius 1 is 1.20 bits per heavy atom. The van der Waals surface area contributed by atoms with Gasteiger partial charge in [-0.05, 0) is 51.0 Å². The van der Waals surface area contributed by atoms with Crippen LogP contribution in [-0.2, 0) is 4.74 Å². The Morgan fingerprint density at radius 2 is 1.90 bits per heavy atom. The van der Waals surface area contributed by atoms with Crippen LogP contribution in [0.4, 0.5) is 0 Å². The van der Waals surface area contributed by atoms with E-state index in [2.05, 4.69) is 39.6 Å². The topological polar surface area (TPSA) is 38.5 Å². The smallest absolute Gasteiger partial charge is 0.0703 e. The fraction of sp³-hybridized carbons (Fsp3) is 1.00. The van der Waals surface area contributed by atoms with Crippen molar-refractivity contribution in [3.63, 3.8) is 0 Å². The number of hydrogen-bond donors (Lipinski definition) is 1. The highest BCUT2D eigenvalue weighted by Gasteiger charge is 2.40. The van der Waals surface area contributed by atoms with Crippen LogP contribution in [0.25, 0.3) is 0 Å². The van der Waals surface area contributed by atoms with Crippen LogP contribution in [0.5, 0.6) is 0 Å². The Morgan fingerprint density at radius 3 is 2.45 bits per heavy atom. The molecule has 118 valence electrons. The van der Waals surface area contributed by atoms with Crippen molar-refractivity contribution >= 4 is 0 Å². The Kier molecular flexibility index (Phi) is 5.14. The predicted molar refractivity (Wildman–Crippen MR) is 84.8 cm³/mol. The molecule has 1 aliphatic heterocycles. The van der Waals surface area contributed by atoms with Crippen molar-refractivity contribution in [1.82, 2.24) is 4.90 Å². The summed E-state index contributed by atoms with van der Waals surface area (Å²) in [6.07, 6.45) is 6.48. The Hall–Kier alpha value is -0.120. The van der Waals surface area contributed by atoms with Crippen molar-refractivity contribution < 1.29 is 4.74 Å². The van der Waals surface area contributed by atoms with E-state index in [9.17, 15) is 0 Å². The zero-order chi connectivity index (χ0) is 14.9. The second-order valence-electron chi connectivity index (χ2n) is 7.68. The second kappa shape index (κ2) is 6.33. The fourth-order valence-electron chi connectivity index (χ4n) is 4.14. The number of rotatable bonds is 4. The first-order valence-electron chi connectivity index (χ1n) is 8.46. The summed E-state index contributed by atoms with van der Waals surface area (Å²) in [5.41, 5.74) is 6.90. The molecular formula is C17H34N2O. The van der Waals surface area contributed by atoms with Crippen LogP contribution < -0.4 is 5.73 Å². The van der Waals surface area contributed by atoms with Crippen molar-refractivity contribution in [1.29, 1.82) is 0 Å². The van der Waals surface area contributed by atoms with Crippen LogP contribution in [0.2, 0.25) is 0 Å². The van der Waals surface area contributed by atoms with Crippen molar-refractivity contribution in [2.45, 2.75) is 84.0 Å². The average Bonchev–Trinajstić information content (AvgIpc) is 2.84. The molecule has 1 saturated carbocycles. The van der Waals surface area contributed by atoms with Gasteiger partial charge in [0.25, 0.3) is 0 Å². The molecule has 0 amide bonds. The van der Waals surface area contributed by atoms with Gasteiger partial charge in [0.1, 0.15) is 0 Å². The summed E-state index contributed by atoms with van der Waals surface area (Å²) >= 11 is 0. The first-order chi connectivity index (χ1) is 9.36. The number of ether oxygens (including phenoxy) is 1. The van der Waals surface area contributed by atoms with E-state index in [0.717, 1.165) is 18.9 Å². The van der Waals surface area contributed by atoms with E-state index in [1.807, 2.05) is 0 Å². The summed E-state index contributed by atoms with van der Waals surface area (Å²) in [5, 5.41) is 0. The third-order valence-electron chi connectivity index (χ3n) is 6.27. The summed E-state index contributed by atoms with van der Waals surface area (Å²) in [4.78, 5) is 2.54. The van der Waals surface area contributed by atoms with E-state index >= 15 is 0 Å². The molecule has 2 rings (SSSR count). The zero-order valence-electron chi connectivity index (χ0n) is 14.1. The molecule has 0 spiro atoms. The Balaban J connectivity index is 2.05. The third-order valence-corrected chi connectivity index (χ3v) is 6.27. The first kappa shape index (κ1) is 16.3. The van der Waals surface area contributed by atoms with E-state index in [0.29, 0.717) is 29.6 Å². The number of nitrogens with zero attached hydrogens (tertiary/aromatic N) is 1. The van der Waals surface area contributed by atoms with Gasteiger partial charge in [-0.25, -0.2) is 0 Å². The lowest BCUT2D eigenvalue weighted by Gasteiger charge is -2.47. The van der Waals surface area contributed by atoms with Gasteiger partial charge in [0.15, 0.2) is 0 Å². The van der Waals surface area contributed by atoms with Crippen LogP contribution in [0.15, 0.2) is 0 Å². The van der Waals surface area contributed by atoms with E-state index < -0.39 is 0 Å². The molecule has 2 N–H and O–H groups in total. The highest BCUT2D eigenvalue weighted by molar-refractivity contribution is 4.96. The van der Waals surface area contributed by atoms with Crippen molar-refractivity contribution in [2.24, 2.45) is 17.1 Å². The predicted octanol–water partition coefficient (Wildman–Crippen LogP) is 3.03. The van der Waals surface area contributed by atoms with Crippen molar-refractivity contribution in [3.05, 3.63) is 0 Å². The van der Waals surface area contributed by atoms with Crippen LogP contribution in [0.3, 0.4) is 0 Å². The van der Waals surface area contributed by atoms with E-state index in [4.69, 9.17) is 10.5 Å². The number of likely N-dealkylation sites (N-methyl/N-ethyl adjacent to an activating group) is 1. The average molecular weight is 282 g/mol. The van der Waals surface area contributed by atoms with Crippen molar-refractivity contribution in [2.75, 3.05) is 13.7 Å². The minimum absolute atomic E-state index is 0.330. The van der Waals surface area contributed by atoms with Gasteiger partial charge in [0.2, 0.25) is 0 Å². The molecule has 3 nitrogen and oxygen atoms in total. The number of hydrogen-bond acceptors (Lipinski definition) is 3. The standard InChI is InChI=1S/C17H34N2O/c1-6-17(3,4)13-7-8-14(18)16(11-13)19(5)15-9-10-20-12(15)2/h12-16H,6-11,18H2,1-5H3. The summed E-state index contributed by atoms with van der Waals surface area (Å²) < 4.78 is 5.75. The lowest BCUT2D eigenvalue weighted by Crippen LogP contribution is -2.55. The summed E-state index contributed by atoms with van der Waals surface area (Å²) in [6.45, 7) is 10.3. The van der Waals surface area contributed by atoms with Gasteiger partial charge in [-0.15, -0.1) is 0 Å². The molecular weight excluding hydrogens is 248 g/mol. The quantitative estimate of drug-likeness (QED) is 0.861. The monoisotopic (exact) mass is 282 g/mol. The van der Waals surface area contributed by atoms with Gasteiger partial charge >= 0.3 is 0 Å². The Labute approximate surface area is 125 Å². The van der Waals surface area contributed by atoms with E-state index in [-0.39, 0.29) is 0 Å². The van der Waals surface area contributed by atoms with Gasteiger partial charge in [-0.1, -0.05) is 27.2 Å². The molecule has 0 radical (unpaired) electrons. The lowest BCUT2D eigenvalue weighted by atomic mass is 9.67. The summed E-state index contributed by atoms with van der Waals surface area (Å²) in [7, 11) is 2.27. The second-order valence-corrected chi connectivity index (χ2v) is 7.68. The lowest BCUT2D eigenvalue weighted by molar-refractivity contribution is 0.0249. The molecule has 2 aliphatic rings. The van der Waals surface area contributed by atoms with Gasteiger partial charge in [-0.3, -0.25) is 4.90 Å². The molecule has 0 aromatic heterocycles. The van der Waals surface area contributed by atoms with Crippen molar-refractivity contribution in [3.8, 4) is 0 Å². The molecule has 5 atom stereocenters. The fourth-order valence-corrected chi connectivity index (χ4v) is 4.14. The highest BCUT2D eigenvalue weighted by Crippen LogP contribution is 2.42. The maximum atomic E-state index is 6.46. The molecule has 1 saturated heterocycles. The SMILES string of the molecule is CCC(C)(C)C1CCC(N)C(N(C)C2CCOC2C)C1. The van der Waals surface area contributed by atoms with Crippen LogP contribution in [-0.4, -0.2) is 42.8 Å². The number of nitrogens with two attached hydrogens (primary N) is 1. The summed E-state index contributed by atoms with van der Waals surface area (Å²) in [6, 6.07) is 1.40. The van der Waals surface area contributed by atoms with Crippen LogP contribution in [0.1, 0.15) is 59.8 Å². The summed E-state index contributed by atoms with van der Waals surface area (Å²) in [5.74, 6) is 0.803. The maximum absolute atomic E-state index is 6.46. The molecule has 20 heavy (non-hydrogen) atoms. The minimum atomic E-state index is 0.330. The highest BCUT2D eigenvalue weighted by atomic mass is 16.5. The molecule has 0 bridgehead atoms. The normalized spacial score (nSPS) is 39.5. The van der Waals surface area contributed by atoms with Gasteiger partial charge in [-0.2, -0.15) is 0 Å². The third kappa shape index (κ3) is 3.20. The first-order valence-corrected chi connectivity index (χ1v) is 8.46. The maximum Gasteiger partial charge on any atom is 0.0703 e. The van der Waals surface area contributed by atoms with Gasteiger partial charge < -0.3 is 10.5 Å². The molecule has 3 heteroatoms. The van der Waals surface area contributed by atoms with E-state index in [1.165, 1.54) is 25.7 Å². The molecule has 0 aromatic rings. The van der Waals surface area contributed by atoms with Gasteiger partial charge in [0.05, 0.1) is 6.10 Å².